The monoisotopic (exact) mass is 224 g/mol. The van der Waals surface area contributed by atoms with Gasteiger partial charge in [-0.05, 0) is 39.5 Å². The third kappa shape index (κ3) is 1.70. The Morgan fingerprint density at radius 3 is 2.50 bits per heavy atom. The number of hydrogen-bond acceptors (Lipinski definition) is 2. The Hall–Kier alpha value is -1.06. The molecule has 4 heteroatoms. The highest BCUT2D eigenvalue weighted by Gasteiger charge is 2.45. The minimum atomic E-state index is -0.695. The van der Waals surface area contributed by atoms with Crippen molar-refractivity contribution in [1.29, 1.82) is 0 Å². The molecule has 16 heavy (non-hydrogen) atoms. The van der Waals surface area contributed by atoms with E-state index in [4.69, 9.17) is 0 Å². The minimum absolute atomic E-state index is 0.0427. The van der Waals surface area contributed by atoms with Crippen LogP contribution in [-0.2, 0) is 9.59 Å². The van der Waals surface area contributed by atoms with Gasteiger partial charge in [0.25, 0.3) is 0 Å². The average Bonchev–Trinajstić information content (AvgIpc) is 2.12. The fourth-order valence-corrected chi connectivity index (χ4v) is 2.32. The first-order valence-corrected chi connectivity index (χ1v) is 6.05. The van der Waals surface area contributed by atoms with Crippen molar-refractivity contribution in [3.63, 3.8) is 0 Å². The van der Waals surface area contributed by atoms with Crippen molar-refractivity contribution in [3.05, 3.63) is 0 Å². The van der Waals surface area contributed by atoms with Crippen molar-refractivity contribution in [3.8, 4) is 0 Å². The van der Waals surface area contributed by atoms with Gasteiger partial charge in [0.2, 0.25) is 11.8 Å². The van der Waals surface area contributed by atoms with Crippen LogP contribution < -0.4 is 5.32 Å². The van der Waals surface area contributed by atoms with Crippen LogP contribution in [0.3, 0.4) is 0 Å². The lowest BCUT2D eigenvalue weighted by Crippen LogP contribution is -2.68. The van der Waals surface area contributed by atoms with E-state index in [2.05, 4.69) is 5.32 Å². The van der Waals surface area contributed by atoms with Gasteiger partial charge in [0.05, 0.1) is 0 Å². The van der Waals surface area contributed by atoms with E-state index in [9.17, 15) is 9.59 Å². The van der Waals surface area contributed by atoms with E-state index in [0.29, 0.717) is 5.92 Å². The number of rotatable bonds is 2. The van der Waals surface area contributed by atoms with Gasteiger partial charge in [-0.3, -0.25) is 9.59 Å². The van der Waals surface area contributed by atoms with Gasteiger partial charge in [0.1, 0.15) is 11.6 Å². The van der Waals surface area contributed by atoms with Gasteiger partial charge in [0.15, 0.2) is 0 Å². The molecule has 1 heterocycles. The maximum Gasteiger partial charge on any atom is 0.246 e. The Kier molecular flexibility index (Phi) is 2.68. The van der Waals surface area contributed by atoms with Crippen LogP contribution in [0, 0.1) is 5.92 Å². The molecule has 1 aliphatic heterocycles. The third-order valence-corrected chi connectivity index (χ3v) is 3.88. The molecule has 1 aliphatic carbocycles. The summed E-state index contributed by atoms with van der Waals surface area (Å²) in [4.78, 5) is 25.7. The summed E-state index contributed by atoms with van der Waals surface area (Å²) in [5.74, 6) is 0.608. The molecule has 1 atom stereocenters. The van der Waals surface area contributed by atoms with Gasteiger partial charge in [-0.15, -0.1) is 0 Å². The van der Waals surface area contributed by atoms with Crippen LogP contribution in [0.25, 0.3) is 0 Å². The van der Waals surface area contributed by atoms with Gasteiger partial charge in [-0.25, -0.2) is 0 Å². The zero-order valence-corrected chi connectivity index (χ0v) is 10.2. The van der Waals surface area contributed by atoms with Crippen molar-refractivity contribution in [2.75, 3.05) is 6.54 Å². The lowest BCUT2D eigenvalue weighted by Gasteiger charge is -2.46. The predicted molar refractivity (Wildman–Crippen MR) is 60.7 cm³/mol. The lowest BCUT2D eigenvalue weighted by molar-refractivity contribution is -0.156. The first-order valence-electron chi connectivity index (χ1n) is 6.05. The van der Waals surface area contributed by atoms with Crippen LogP contribution >= 0.6 is 0 Å². The van der Waals surface area contributed by atoms with Gasteiger partial charge in [-0.2, -0.15) is 0 Å². The van der Waals surface area contributed by atoms with Crippen molar-refractivity contribution < 1.29 is 9.59 Å². The molecule has 0 aromatic rings. The highest BCUT2D eigenvalue weighted by atomic mass is 16.2. The molecule has 2 aliphatic rings. The van der Waals surface area contributed by atoms with Gasteiger partial charge in [-0.1, -0.05) is 6.42 Å². The van der Waals surface area contributed by atoms with E-state index in [1.807, 2.05) is 13.8 Å². The zero-order valence-electron chi connectivity index (χ0n) is 10.2. The second-order valence-corrected chi connectivity index (χ2v) is 5.50. The van der Waals surface area contributed by atoms with Crippen LogP contribution in [0.15, 0.2) is 0 Å². The Morgan fingerprint density at radius 1 is 1.38 bits per heavy atom. The Morgan fingerprint density at radius 2 is 2.00 bits per heavy atom. The lowest BCUT2D eigenvalue weighted by atomic mass is 9.83. The number of nitrogens with zero attached hydrogens (tertiary/aromatic N) is 1. The summed E-state index contributed by atoms with van der Waals surface area (Å²) in [5.41, 5.74) is -0.695. The SMILES string of the molecule is CC1NC(=O)C(C)(C)N(CC2CCC2)C1=O. The molecular weight excluding hydrogens is 204 g/mol. The molecule has 0 spiro atoms. The van der Waals surface area contributed by atoms with Crippen molar-refractivity contribution in [2.24, 2.45) is 5.92 Å². The van der Waals surface area contributed by atoms with E-state index in [1.54, 1.807) is 11.8 Å². The second kappa shape index (κ2) is 3.75. The van der Waals surface area contributed by atoms with E-state index in [0.717, 1.165) is 6.54 Å². The Bertz CT molecular complexity index is 321. The molecule has 1 N–H and O–H groups in total. The number of carbonyl (C=O) groups is 2. The second-order valence-electron chi connectivity index (χ2n) is 5.50. The highest BCUT2D eigenvalue weighted by Crippen LogP contribution is 2.31. The number of nitrogens with one attached hydrogen (secondary N) is 1. The molecule has 0 radical (unpaired) electrons. The van der Waals surface area contributed by atoms with Crippen molar-refractivity contribution >= 4 is 11.8 Å². The van der Waals surface area contributed by atoms with Crippen molar-refractivity contribution in [1.82, 2.24) is 10.2 Å². The van der Waals surface area contributed by atoms with Crippen LogP contribution in [0.5, 0.6) is 0 Å². The number of carbonyl (C=O) groups excluding carboxylic acids is 2. The Balaban J connectivity index is 2.15. The van der Waals surface area contributed by atoms with Crippen LogP contribution in [0.4, 0.5) is 0 Å². The van der Waals surface area contributed by atoms with E-state index in [-0.39, 0.29) is 17.9 Å². The summed E-state index contributed by atoms with van der Waals surface area (Å²) >= 11 is 0. The fraction of sp³-hybridized carbons (Fsp3) is 0.833. The summed E-state index contributed by atoms with van der Waals surface area (Å²) in [6, 6.07) is -0.374. The maximum absolute atomic E-state index is 12.1. The molecule has 2 rings (SSSR count). The number of piperazine rings is 1. The molecule has 0 aromatic heterocycles. The van der Waals surface area contributed by atoms with Gasteiger partial charge < -0.3 is 10.2 Å². The largest absolute Gasteiger partial charge is 0.343 e. The summed E-state index contributed by atoms with van der Waals surface area (Å²) < 4.78 is 0. The molecule has 0 bridgehead atoms. The van der Waals surface area contributed by atoms with E-state index in [1.165, 1.54) is 19.3 Å². The normalized spacial score (nSPS) is 29.9. The first-order chi connectivity index (χ1) is 7.43. The van der Waals surface area contributed by atoms with Crippen LogP contribution in [0.2, 0.25) is 0 Å². The molecule has 1 unspecified atom stereocenters. The molecule has 0 aromatic carbocycles. The molecule has 4 nitrogen and oxygen atoms in total. The predicted octanol–water partition coefficient (Wildman–Crippen LogP) is 0.912. The van der Waals surface area contributed by atoms with Crippen LogP contribution in [-0.4, -0.2) is 34.8 Å². The topological polar surface area (TPSA) is 49.4 Å². The molecule has 90 valence electrons. The first kappa shape index (κ1) is 11.4. The third-order valence-electron chi connectivity index (χ3n) is 3.88. The zero-order chi connectivity index (χ0) is 11.9. The summed E-state index contributed by atoms with van der Waals surface area (Å²) in [7, 11) is 0. The fourth-order valence-electron chi connectivity index (χ4n) is 2.32. The van der Waals surface area contributed by atoms with Crippen LogP contribution in [0.1, 0.15) is 40.0 Å². The molecule has 2 fully saturated rings. The Labute approximate surface area is 96.4 Å². The van der Waals surface area contributed by atoms with Gasteiger partial charge in [0, 0.05) is 6.54 Å². The summed E-state index contributed by atoms with van der Waals surface area (Å²) in [5, 5.41) is 2.73. The smallest absolute Gasteiger partial charge is 0.246 e. The number of hydrogen-bond donors (Lipinski definition) is 1. The van der Waals surface area contributed by atoms with E-state index >= 15 is 0 Å². The summed E-state index contributed by atoms with van der Waals surface area (Å²) in [6.45, 7) is 6.14. The number of amides is 2. The molecular formula is C12H20N2O2. The van der Waals surface area contributed by atoms with Crippen molar-refractivity contribution in [2.45, 2.75) is 51.6 Å². The molecule has 2 amide bonds. The highest BCUT2D eigenvalue weighted by molar-refractivity contribution is 5.99. The minimum Gasteiger partial charge on any atom is -0.343 e. The summed E-state index contributed by atoms with van der Waals surface area (Å²) in [6.07, 6.45) is 3.64. The average molecular weight is 224 g/mol. The molecule has 1 saturated heterocycles. The standard InChI is InChI=1S/C12H20N2O2/c1-8-10(15)14(7-9-5-4-6-9)12(2,3)11(16)13-8/h8-9H,4-7H2,1-3H3,(H,13,16). The molecule has 1 saturated carbocycles. The van der Waals surface area contributed by atoms with Gasteiger partial charge >= 0.3 is 0 Å². The van der Waals surface area contributed by atoms with E-state index < -0.39 is 5.54 Å². The quantitative estimate of drug-likeness (QED) is 0.758. The maximum atomic E-state index is 12.1.